The van der Waals surface area contributed by atoms with E-state index in [4.69, 9.17) is 4.74 Å². The van der Waals surface area contributed by atoms with Crippen LogP contribution in [0.3, 0.4) is 0 Å². The van der Waals surface area contributed by atoms with E-state index < -0.39 is 0 Å². The van der Waals surface area contributed by atoms with Gasteiger partial charge in [-0.2, -0.15) is 0 Å². The molecule has 1 aromatic heterocycles. The zero-order chi connectivity index (χ0) is 13.1. The van der Waals surface area contributed by atoms with Crippen molar-refractivity contribution in [1.29, 1.82) is 0 Å². The Balaban J connectivity index is 0.000000574. The van der Waals surface area contributed by atoms with E-state index in [9.17, 15) is 0 Å². The van der Waals surface area contributed by atoms with Crippen LogP contribution in [0.4, 0.5) is 0 Å². The summed E-state index contributed by atoms with van der Waals surface area (Å²) < 4.78 is 8.90. The predicted molar refractivity (Wildman–Crippen MR) is 76.9 cm³/mol. The first-order chi connectivity index (χ1) is 8.74. The minimum atomic E-state index is 0.687. The monoisotopic (exact) mass is 308 g/mol. The fraction of sp³-hybridized carbons (Fsp3) is 0.357. The van der Waals surface area contributed by atoms with Gasteiger partial charge in [-0.3, -0.25) is 0 Å². The summed E-state index contributed by atoms with van der Waals surface area (Å²) in [4.78, 5) is 4.55. The highest BCUT2D eigenvalue weighted by molar-refractivity contribution is 9.10. The largest absolute Gasteiger partial charge is 0.491 e. The topological polar surface area (TPSA) is 27.1 Å². The van der Waals surface area contributed by atoms with Crippen molar-refractivity contribution in [3.05, 3.63) is 34.6 Å². The van der Waals surface area contributed by atoms with Gasteiger partial charge in [0.25, 0.3) is 0 Å². The second kappa shape index (κ2) is 5.57. The molecule has 0 amide bonds. The number of hydrogen-bond acceptors (Lipinski definition) is 2. The van der Waals surface area contributed by atoms with Crippen LogP contribution in [0.1, 0.15) is 19.5 Å². The van der Waals surface area contributed by atoms with Gasteiger partial charge in [0.05, 0.1) is 17.8 Å². The first-order valence-electron chi connectivity index (χ1n) is 6.20. The van der Waals surface area contributed by atoms with Crippen molar-refractivity contribution >= 4 is 15.9 Å². The van der Waals surface area contributed by atoms with E-state index in [-0.39, 0.29) is 0 Å². The Labute approximate surface area is 116 Å². The molecule has 1 aliphatic heterocycles. The molecular weight excluding hydrogens is 292 g/mol. The Morgan fingerprint density at radius 2 is 2.11 bits per heavy atom. The lowest BCUT2D eigenvalue weighted by Crippen LogP contribution is -2.04. The molecule has 3 nitrogen and oxygen atoms in total. The zero-order valence-electron chi connectivity index (χ0n) is 10.9. The summed E-state index contributed by atoms with van der Waals surface area (Å²) in [6.45, 7) is 7.55. The maximum atomic E-state index is 5.72. The average molecular weight is 309 g/mol. The molecule has 0 aliphatic carbocycles. The highest BCUT2D eigenvalue weighted by Crippen LogP contribution is 2.33. The minimum Gasteiger partial charge on any atom is -0.491 e. The van der Waals surface area contributed by atoms with Crippen LogP contribution in [0.25, 0.3) is 11.4 Å². The number of halogens is 1. The maximum absolute atomic E-state index is 5.72. The number of rotatable bonds is 0. The lowest BCUT2D eigenvalue weighted by molar-refractivity contribution is 0.306. The van der Waals surface area contributed by atoms with Crippen molar-refractivity contribution in [1.82, 2.24) is 9.55 Å². The van der Waals surface area contributed by atoms with Crippen LogP contribution in [-0.4, -0.2) is 16.2 Å². The number of imidazole rings is 1. The fourth-order valence-electron chi connectivity index (χ4n) is 1.99. The molecule has 0 saturated heterocycles. The standard InChI is InChI=1S/C12H11BrN2O.C2H6/c1-8-7-15-4-5-16-11-6-9(13)2-3-10(11)12(15)14-8;1-2/h2-3,6-7H,4-5H2,1H3;1-2H3. The molecule has 3 rings (SSSR count). The van der Waals surface area contributed by atoms with Gasteiger partial charge in [0.15, 0.2) is 0 Å². The van der Waals surface area contributed by atoms with Crippen molar-refractivity contribution in [3.8, 4) is 17.1 Å². The van der Waals surface area contributed by atoms with Gasteiger partial charge in [-0.05, 0) is 25.1 Å². The molecule has 0 atom stereocenters. The second-order valence-corrected chi connectivity index (χ2v) is 4.80. The van der Waals surface area contributed by atoms with Crippen LogP contribution in [0.15, 0.2) is 28.9 Å². The molecule has 2 aromatic rings. The number of nitrogens with zero attached hydrogens (tertiary/aromatic N) is 2. The number of benzene rings is 1. The molecule has 0 unspecified atom stereocenters. The highest BCUT2D eigenvalue weighted by Gasteiger charge is 2.17. The number of aryl methyl sites for hydroxylation is 1. The summed E-state index contributed by atoms with van der Waals surface area (Å²) in [6, 6.07) is 6.06. The summed E-state index contributed by atoms with van der Waals surface area (Å²) in [5.41, 5.74) is 2.11. The Hall–Kier alpha value is -1.29. The van der Waals surface area contributed by atoms with Crippen molar-refractivity contribution in [3.63, 3.8) is 0 Å². The van der Waals surface area contributed by atoms with E-state index in [1.807, 2.05) is 39.0 Å². The summed E-state index contributed by atoms with van der Waals surface area (Å²) >= 11 is 3.45. The zero-order valence-corrected chi connectivity index (χ0v) is 12.5. The molecule has 1 aromatic carbocycles. The predicted octanol–water partition coefficient (Wildman–Crippen LogP) is 4.04. The second-order valence-electron chi connectivity index (χ2n) is 3.89. The molecule has 0 fully saturated rings. The maximum Gasteiger partial charge on any atom is 0.144 e. The van der Waals surface area contributed by atoms with Gasteiger partial charge in [-0.15, -0.1) is 0 Å². The molecule has 18 heavy (non-hydrogen) atoms. The molecule has 0 saturated carbocycles. The SMILES string of the molecule is CC.Cc1cn2c(n1)-c1ccc(Br)cc1OCC2. The molecule has 4 heteroatoms. The molecule has 0 bridgehead atoms. The van der Waals surface area contributed by atoms with E-state index in [0.717, 1.165) is 33.8 Å². The van der Waals surface area contributed by atoms with E-state index >= 15 is 0 Å². The van der Waals surface area contributed by atoms with Gasteiger partial charge < -0.3 is 9.30 Å². The Bertz CT molecular complexity index is 549. The van der Waals surface area contributed by atoms with Gasteiger partial charge in [-0.1, -0.05) is 29.8 Å². The molecule has 96 valence electrons. The number of ether oxygens (including phenoxy) is 1. The van der Waals surface area contributed by atoms with Gasteiger partial charge in [0.1, 0.15) is 18.2 Å². The van der Waals surface area contributed by atoms with Gasteiger partial charge in [-0.25, -0.2) is 4.98 Å². The number of hydrogen-bond donors (Lipinski definition) is 0. The molecule has 1 aliphatic rings. The first-order valence-corrected chi connectivity index (χ1v) is 7.00. The van der Waals surface area contributed by atoms with E-state index in [1.165, 1.54) is 0 Å². The van der Waals surface area contributed by atoms with Gasteiger partial charge >= 0.3 is 0 Å². The van der Waals surface area contributed by atoms with Gasteiger partial charge in [0.2, 0.25) is 0 Å². The fourth-order valence-corrected chi connectivity index (χ4v) is 2.33. The third-order valence-electron chi connectivity index (χ3n) is 2.67. The van der Waals surface area contributed by atoms with Crippen LogP contribution < -0.4 is 4.74 Å². The minimum absolute atomic E-state index is 0.687. The number of aromatic nitrogens is 2. The molecule has 0 spiro atoms. The van der Waals surface area contributed by atoms with Crippen LogP contribution >= 0.6 is 15.9 Å². The lowest BCUT2D eigenvalue weighted by Gasteiger charge is -2.05. The quantitative estimate of drug-likeness (QED) is 0.734. The van der Waals surface area contributed by atoms with Crippen molar-refractivity contribution in [2.45, 2.75) is 27.3 Å². The van der Waals surface area contributed by atoms with Crippen LogP contribution in [-0.2, 0) is 6.54 Å². The summed E-state index contributed by atoms with van der Waals surface area (Å²) in [5, 5.41) is 0. The third-order valence-corrected chi connectivity index (χ3v) is 3.16. The van der Waals surface area contributed by atoms with Crippen molar-refractivity contribution in [2.24, 2.45) is 0 Å². The lowest BCUT2D eigenvalue weighted by atomic mass is 10.2. The summed E-state index contributed by atoms with van der Waals surface area (Å²) in [7, 11) is 0. The third kappa shape index (κ3) is 2.43. The molecular formula is C14H17BrN2O. The summed E-state index contributed by atoms with van der Waals surface area (Å²) in [5.74, 6) is 1.90. The number of fused-ring (bicyclic) bond motifs is 3. The first kappa shape index (κ1) is 13.1. The Kier molecular flexibility index (Phi) is 4.07. The van der Waals surface area contributed by atoms with E-state index in [2.05, 4.69) is 31.7 Å². The smallest absolute Gasteiger partial charge is 0.144 e. The Morgan fingerprint density at radius 1 is 1.33 bits per heavy atom. The van der Waals surface area contributed by atoms with Gasteiger partial charge in [0, 0.05) is 10.7 Å². The average Bonchev–Trinajstić information content (AvgIpc) is 2.65. The van der Waals surface area contributed by atoms with E-state index in [0.29, 0.717) is 6.61 Å². The molecule has 2 heterocycles. The van der Waals surface area contributed by atoms with Crippen LogP contribution in [0.2, 0.25) is 0 Å². The van der Waals surface area contributed by atoms with Crippen LogP contribution in [0.5, 0.6) is 5.75 Å². The van der Waals surface area contributed by atoms with Crippen LogP contribution in [0, 0.1) is 6.92 Å². The van der Waals surface area contributed by atoms with Crippen molar-refractivity contribution < 1.29 is 4.74 Å². The molecule has 0 N–H and O–H groups in total. The van der Waals surface area contributed by atoms with Crippen molar-refractivity contribution in [2.75, 3.05) is 6.61 Å². The normalized spacial score (nSPS) is 12.4. The Morgan fingerprint density at radius 3 is 2.89 bits per heavy atom. The molecule has 0 radical (unpaired) electrons. The highest BCUT2D eigenvalue weighted by atomic mass is 79.9. The summed E-state index contributed by atoms with van der Waals surface area (Å²) in [6.07, 6.45) is 2.07. The van der Waals surface area contributed by atoms with E-state index in [1.54, 1.807) is 0 Å².